The summed E-state index contributed by atoms with van der Waals surface area (Å²) < 4.78 is 0. The lowest BCUT2D eigenvalue weighted by Crippen LogP contribution is -2.23. The second-order valence-corrected chi connectivity index (χ2v) is 3.12. The molecule has 0 saturated heterocycles. The summed E-state index contributed by atoms with van der Waals surface area (Å²) in [6.07, 6.45) is 0. The molecule has 5 nitrogen and oxygen atoms in total. The zero-order chi connectivity index (χ0) is 11.4. The number of nitrogens with two attached hydrogens (primary N) is 2. The van der Waals surface area contributed by atoms with Crippen molar-refractivity contribution >= 4 is 11.9 Å². The van der Waals surface area contributed by atoms with Crippen LogP contribution in [-0.4, -0.2) is 17.0 Å². The minimum Gasteiger partial charge on any atom is -0.478 e. The molecular formula is C10H13N3O2. The molecule has 1 aromatic rings. The van der Waals surface area contributed by atoms with Gasteiger partial charge in [0.25, 0.3) is 0 Å². The summed E-state index contributed by atoms with van der Waals surface area (Å²) in [6, 6.07) is 6.27. The lowest BCUT2D eigenvalue weighted by molar-refractivity contribution is 0.0695. The zero-order valence-electron chi connectivity index (χ0n) is 8.34. The third-order valence-corrected chi connectivity index (χ3v) is 1.98. The van der Waals surface area contributed by atoms with Crippen molar-refractivity contribution in [2.45, 2.75) is 13.0 Å². The van der Waals surface area contributed by atoms with Gasteiger partial charge in [-0.2, -0.15) is 0 Å². The van der Waals surface area contributed by atoms with Crippen molar-refractivity contribution in [2.24, 2.45) is 16.5 Å². The van der Waals surface area contributed by atoms with Crippen LogP contribution in [0.3, 0.4) is 0 Å². The molecule has 0 spiro atoms. The van der Waals surface area contributed by atoms with Crippen molar-refractivity contribution in [3.05, 3.63) is 35.4 Å². The van der Waals surface area contributed by atoms with E-state index in [1.54, 1.807) is 25.1 Å². The number of aromatic carboxylic acids is 1. The summed E-state index contributed by atoms with van der Waals surface area (Å²) in [5, 5.41) is 8.94. The third kappa shape index (κ3) is 2.70. The predicted molar refractivity (Wildman–Crippen MR) is 57.6 cm³/mol. The summed E-state index contributed by atoms with van der Waals surface area (Å²) in [4.78, 5) is 14.8. The van der Waals surface area contributed by atoms with Crippen molar-refractivity contribution in [3.63, 3.8) is 0 Å². The zero-order valence-corrected chi connectivity index (χ0v) is 8.34. The van der Waals surface area contributed by atoms with E-state index in [1.807, 2.05) is 0 Å². The van der Waals surface area contributed by atoms with E-state index in [1.165, 1.54) is 6.07 Å². The van der Waals surface area contributed by atoms with Crippen LogP contribution in [0, 0.1) is 0 Å². The summed E-state index contributed by atoms with van der Waals surface area (Å²) in [7, 11) is 0. The summed E-state index contributed by atoms with van der Waals surface area (Å²) >= 11 is 0. The highest BCUT2D eigenvalue weighted by atomic mass is 16.4. The van der Waals surface area contributed by atoms with E-state index in [0.717, 1.165) is 0 Å². The molecule has 1 atom stereocenters. The van der Waals surface area contributed by atoms with Gasteiger partial charge in [0.2, 0.25) is 0 Å². The molecule has 0 saturated carbocycles. The van der Waals surface area contributed by atoms with E-state index in [-0.39, 0.29) is 17.6 Å². The van der Waals surface area contributed by atoms with Crippen LogP contribution in [0.25, 0.3) is 0 Å². The second-order valence-electron chi connectivity index (χ2n) is 3.12. The largest absolute Gasteiger partial charge is 0.478 e. The van der Waals surface area contributed by atoms with Gasteiger partial charge >= 0.3 is 5.97 Å². The fraction of sp³-hybridized carbons (Fsp3) is 0.200. The van der Waals surface area contributed by atoms with Crippen molar-refractivity contribution in [1.29, 1.82) is 0 Å². The molecule has 5 heteroatoms. The molecule has 1 unspecified atom stereocenters. The van der Waals surface area contributed by atoms with Gasteiger partial charge in [0.05, 0.1) is 11.6 Å². The standard InChI is InChI=1S/C10H13N3O2/c1-6(13-10(11)12)7-4-2-3-5-8(7)9(14)15/h2-6H,1H3,(H,14,15)(H4,11,12,13). The maximum atomic E-state index is 10.9. The van der Waals surface area contributed by atoms with Crippen LogP contribution >= 0.6 is 0 Å². The van der Waals surface area contributed by atoms with Gasteiger partial charge < -0.3 is 16.6 Å². The van der Waals surface area contributed by atoms with Gasteiger partial charge in [-0.1, -0.05) is 18.2 Å². The number of carboxylic acids is 1. The maximum absolute atomic E-state index is 10.9. The molecule has 0 amide bonds. The summed E-state index contributed by atoms with van der Waals surface area (Å²) in [5.41, 5.74) is 11.3. The van der Waals surface area contributed by atoms with Gasteiger partial charge in [0.1, 0.15) is 0 Å². The van der Waals surface area contributed by atoms with Gasteiger partial charge in [-0.05, 0) is 18.6 Å². The van der Waals surface area contributed by atoms with Crippen LogP contribution in [0.4, 0.5) is 0 Å². The van der Waals surface area contributed by atoms with Crippen LogP contribution < -0.4 is 11.5 Å². The smallest absolute Gasteiger partial charge is 0.336 e. The highest BCUT2D eigenvalue weighted by Crippen LogP contribution is 2.20. The number of hydrogen-bond donors (Lipinski definition) is 3. The number of guanidine groups is 1. The Bertz CT molecular complexity index is 397. The molecule has 0 aromatic heterocycles. The quantitative estimate of drug-likeness (QED) is 0.502. The first-order valence-electron chi connectivity index (χ1n) is 4.43. The lowest BCUT2D eigenvalue weighted by atomic mass is 10.0. The molecule has 0 fully saturated rings. The van der Waals surface area contributed by atoms with E-state index >= 15 is 0 Å². The second kappa shape index (κ2) is 4.45. The number of rotatable bonds is 3. The Morgan fingerprint density at radius 2 is 2.00 bits per heavy atom. The average molecular weight is 207 g/mol. The van der Waals surface area contributed by atoms with Gasteiger partial charge in [0, 0.05) is 0 Å². The fourth-order valence-corrected chi connectivity index (χ4v) is 1.35. The average Bonchev–Trinajstić information content (AvgIpc) is 2.16. The molecule has 0 aliphatic heterocycles. The first-order chi connectivity index (χ1) is 7.02. The lowest BCUT2D eigenvalue weighted by Gasteiger charge is -2.10. The SMILES string of the molecule is CC(N=C(N)N)c1ccccc1C(=O)O. The van der Waals surface area contributed by atoms with Gasteiger partial charge in [-0.3, -0.25) is 0 Å². The van der Waals surface area contributed by atoms with Crippen LogP contribution in [0.1, 0.15) is 28.9 Å². The molecule has 0 heterocycles. The highest BCUT2D eigenvalue weighted by Gasteiger charge is 2.13. The molecule has 5 N–H and O–H groups in total. The van der Waals surface area contributed by atoms with Crippen LogP contribution in [-0.2, 0) is 0 Å². The number of nitrogens with zero attached hydrogens (tertiary/aromatic N) is 1. The minimum atomic E-state index is -0.983. The highest BCUT2D eigenvalue weighted by molar-refractivity contribution is 5.89. The topological polar surface area (TPSA) is 102 Å². The number of aliphatic imine (C=N–C) groups is 1. The van der Waals surface area contributed by atoms with Crippen LogP contribution in [0.2, 0.25) is 0 Å². The van der Waals surface area contributed by atoms with Crippen molar-refractivity contribution in [3.8, 4) is 0 Å². The molecular weight excluding hydrogens is 194 g/mol. The van der Waals surface area contributed by atoms with Crippen LogP contribution in [0.5, 0.6) is 0 Å². The summed E-state index contributed by atoms with van der Waals surface area (Å²) in [5.74, 6) is -1.04. The molecule has 0 bridgehead atoms. The van der Waals surface area contributed by atoms with Crippen LogP contribution in [0.15, 0.2) is 29.3 Å². The van der Waals surface area contributed by atoms with Crippen molar-refractivity contribution in [2.75, 3.05) is 0 Å². The third-order valence-electron chi connectivity index (χ3n) is 1.98. The Kier molecular flexibility index (Phi) is 3.28. The van der Waals surface area contributed by atoms with E-state index in [0.29, 0.717) is 5.56 Å². The molecule has 80 valence electrons. The molecule has 0 radical (unpaired) electrons. The Hall–Kier alpha value is -2.04. The first kappa shape index (κ1) is 11.0. The number of benzene rings is 1. The van der Waals surface area contributed by atoms with Gasteiger partial charge in [-0.15, -0.1) is 0 Å². The Morgan fingerprint density at radius 1 is 1.40 bits per heavy atom. The molecule has 0 aliphatic carbocycles. The van der Waals surface area contributed by atoms with E-state index in [4.69, 9.17) is 16.6 Å². The molecule has 1 aromatic carbocycles. The molecule has 15 heavy (non-hydrogen) atoms. The number of carbonyl (C=O) groups is 1. The Balaban J connectivity index is 3.13. The molecule has 1 rings (SSSR count). The van der Waals surface area contributed by atoms with E-state index in [9.17, 15) is 4.79 Å². The normalized spacial score (nSPS) is 11.8. The van der Waals surface area contributed by atoms with Crippen molar-refractivity contribution < 1.29 is 9.90 Å². The van der Waals surface area contributed by atoms with Crippen molar-refractivity contribution in [1.82, 2.24) is 0 Å². The van der Waals surface area contributed by atoms with Gasteiger partial charge in [-0.25, -0.2) is 9.79 Å². The van der Waals surface area contributed by atoms with E-state index < -0.39 is 5.97 Å². The Labute approximate surface area is 87.4 Å². The van der Waals surface area contributed by atoms with Gasteiger partial charge in [0.15, 0.2) is 5.96 Å². The molecule has 0 aliphatic rings. The first-order valence-corrected chi connectivity index (χ1v) is 4.43. The fourth-order valence-electron chi connectivity index (χ4n) is 1.35. The monoisotopic (exact) mass is 207 g/mol. The maximum Gasteiger partial charge on any atom is 0.336 e. The predicted octanol–water partition coefficient (Wildman–Crippen LogP) is 0.719. The minimum absolute atomic E-state index is 0.0531. The summed E-state index contributed by atoms with van der Waals surface area (Å²) in [6.45, 7) is 1.74. The van der Waals surface area contributed by atoms with E-state index in [2.05, 4.69) is 4.99 Å². The number of hydrogen-bond acceptors (Lipinski definition) is 2. The Morgan fingerprint density at radius 3 is 2.53 bits per heavy atom. The number of carboxylic acid groups (broad SMARTS) is 1.